The number of carbonyl (C=O) groups excluding carboxylic acids is 1. The van der Waals surface area contributed by atoms with Crippen molar-refractivity contribution in [3.8, 4) is 11.5 Å². The molecule has 0 bridgehead atoms. The van der Waals surface area contributed by atoms with Crippen LogP contribution in [0.15, 0.2) is 12.1 Å². The predicted octanol–water partition coefficient (Wildman–Crippen LogP) is 0.711. The Morgan fingerprint density at radius 1 is 1.38 bits per heavy atom. The molecular formula is C9H10N2O5. The van der Waals surface area contributed by atoms with Crippen molar-refractivity contribution in [1.82, 2.24) is 0 Å². The number of nitro benzene ring substituents is 1. The van der Waals surface area contributed by atoms with Gasteiger partial charge >= 0.3 is 5.69 Å². The van der Waals surface area contributed by atoms with Crippen molar-refractivity contribution in [2.75, 3.05) is 14.2 Å². The summed E-state index contributed by atoms with van der Waals surface area (Å²) >= 11 is 0. The maximum absolute atomic E-state index is 11.2. The molecule has 7 nitrogen and oxygen atoms in total. The van der Waals surface area contributed by atoms with E-state index in [1.165, 1.54) is 26.4 Å². The zero-order chi connectivity index (χ0) is 12.3. The lowest BCUT2D eigenvalue weighted by molar-refractivity contribution is -0.385. The molecule has 1 rings (SSSR count). The molecule has 0 fully saturated rings. The van der Waals surface area contributed by atoms with Crippen molar-refractivity contribution in [3.63, 3.8) is 0 Å². The zero-order valence-corrected chi connectivity index (χ0v) is 8.72. The van der Waals surface area contributed by atoms with Crippen molar-refractivity contribution < 1.29 is 19.2 Å². The quantitative estimate of drug-likeness (QED) is 0.601. The van der Waals surface area contributed by atoms with Crippen LogP contribution in [0.5, 0.6) is 11.5 Å². The van der Waals surface area contributed by atoms with Gasteiger partial charge in [0, 0.05) is 6.07 Å². The van der Waals surface area contributed by atoms with E-state index in [2.05, 4.69) is 0 Å². The molecule has 0 aromatic heterocycles. The fraction of sp³-hybridized carbons (Fsp3) is 0.222. The van der Waals surface area contributed by atoms with Crippen molar-refractivity contribution in [3.05, 3.63) is 27.8 Å². The molecule has 1 amide bonds. The molecule has 0 aliphatic heterocycles. The lowest BCUT2D eigenvalue weighted by Gasteiger charge is -2.10. The Bertz CT molecular complexity index is 444. The van der Waals surface area contributed by atoms with Crippen LogP contribution in [0.4, 0.5) is 5.69 Å². The number of amides is 1. The molecule has 0 spiro atoms. The summed E-state index contributed by atoms with van der Waals surface area (Å²) in [5.74, 6) is -0.913. The van der Waals surface area contributed by atoms with Crippen molar-refractivity contribution in [1.29, 1.82) is 0 Å². The van der Waals surface area contributed by atoms with E-state index in [-0.39, 0.29) is 22.7 Å². The smallest absolute Gasteiger partial charge is 0.312 e. The van der Waals surface area contributed by atoms with E-state index in [9.17, 15) is 14.9 Å². The number of hydrogen-bond donors (Lipinski definition) is 1. The molecule has 0 saturated heterocycles. The Morgan fingerprint density at radius 2 is 2.00 bits per heavy atom. The van der Waals surface area contributed by atoms with Gasteiger partial charge in [0.1, 0.15) is 11.3 Å². The third-order valence-corrected chi connectivity index (χ3v) is 1.97. The summed E-state index contributed by atoms with van der Waals surface area (Å²) in [6.07, 6.45) is 0. The highest BCUT2D eigenvalue weighted by molar-refractivity contribution is 6.00. The highest BCUT2D eigenvalue weighted by Crippen LogP contribution is 2.36. The minimum atomic E-state index is -0.850. The number of hydrogen-bond acceptors (Lipinski definition) is 5. The Morgan fingerprint density at radius 3 is 2.38 bits per heavy atom. The summed E-state index contributed by atoms with van der Waals surface area (Å²) in [5, 5.41) is 10.7. The molecule has 0 aliphatic carbocycles. The minimum Gasteiger partial charge on any atom is -0.496 e. The summed E-state index contributed by atoms with van der Waals surface area (Å²) in [6, 6.07) is 2.48. The van der Waals surface area contributed by atoms with Crippen LogP contribution in [0.1, 0.15) is 10.4 Å². The SMILES string of the molecule is COc1ccc([N+](=O)[O-])c(OC)c1C(N)=O. The lowest BCUT2D eigenvalue weighted by atomic mass is 10.1. The first-order valence-corrected chi connectivity index (χ1v) is 4.22. The van der Waals surface area contributed by atoms with Gasteiger partial charge in [-0.25, -0.2) is 0 Å². The molecule has 0 unspecified atom stereocenters. The van der Waals surface area contributed by atoms with Gasteiger partial charge in [-0.1, -0.05) is 0 Å². The molecule has 1 aromatic rings. The second-order valence-corrected chi connectivity index (χ2v) is 2.82. The average molecular weight is 226 g/mol. The van der Waals surface area contributed by atoms with Gasteiger partial charge < -0.3 is 15.2 Å². The maximum atomic E-state index is 11.2. The highest BCUT2D eigenvalue weighted by Gasteiger charge is 2.25. The van der Waals surface area contributed by atoms with Crippen LogP contribution < -0.4 is 15.2 Å². The molecule has 86 valence electrons. The monoisotopic (exact) mass is 226 g/mol. The van der Waals surface area contributed by atoms with E-state index in [1.54, 1.807) is 0 Å². The molecular weight excluding hydrogens is 216 g/mol. The van der Waals surface area contributed by atoms with Crippen LogP contribution in [0.25, 0.3) is 0 Å². The lowest BCUT2D eigenvalue weighted by Crippen LogP contribution is -2.15. The largest absolute Gasteiger partial charge is 0.496 e. The minimum absolute atomic E-state index is 0.134. The van der Waals surface area contributed by atoms with Gasteiger partial charge in [-0.3, -0.25) is 14.9 Å². The summed E-state index contributed by atoms with van der Waals surface area (Å²) in [4.78, 5) is 21.2. The number of nitro groups is 1. The van der Waals surface area contributed by atoms with Gasteiger partial charge in [-0.2, -0.15) is 0 Å². The van der Waals surface area contributed by atoms with Crippen LogP contribution in [-0.2, 0) is 0 Å². The van der Waals surface area contributed by atoms with Gasteiger partial charge in [0.2, 0.25) is 5.75 Å². The van der Waals surface area contributed by atoms with E-state index in [1.807, 2.05) is 0 Å². The van der Waals surface area contributed by atoms with Crippen LogP contribution in [0, 0.1) is 10.1 Å². The second kappa shape index (κ2) is 4.47. The fourth-order valence-corrected chi connectivity index (χ4v) is 1.31. The number of methoxy groups -OCH3 is 2. The molecule has 0 saturated carbocycles. The highest BCUT2D eigenvalue weighted by atomic mass is 16.6. The third kappa shape index (κ3) is 1.88. The van der Waals surface area contributed by atoms with Gasteiger partial charge in [-0.05, 0) is 6.07 Å². The Kier molecular flexibility index (Phi) is 3.29. The molecule has 7 heteroatoms. The summed E-state index contributed by atoms with van der Waals surface area (Å²) in [7, 11) is 2.54. The molecule has 16 heavy (non-hydrogen) atoms. The standard InChI is InChI=1S/C9H10N2O5/c1-15-6-4-3-5(11(13)14)8(16-2)7(6)9(10)12/h3-4H,1-2H3,(H2,10,12). The Hall–Kier alpha value is -2.31. The van der Waals surface area contributed by atoms with Crippen LogP contribution in [0.2, 0.25) is 0 Å². The van der Waals surface area contributed by atoms with Gasteiger partial charge in [0.15, 0.2) is 0 Å². The topological polar surface area (TPSA) is 105 Å². The maximum Gasteiger partial charge on any atom is 0.312 e. The third-order valence-electron chi connectivity index (χ3n) is 1.97. The molecule has 1 aromatic carbocycles. The first-order chi connectivity index (χ1) is 7.52. The number of benzene rings is 1. The van der Waals surface area contributed by atoms with E-state index < -0.39 is 10.8 Å². The summed E-state index contributed by atoms with van der Waals surface area (Å²) in [5.41, 5.74) is 4.64. The van der Waals surface area contributed by atoms with Crippen LogP contribution in [-0.4, -0.2) is 25.1 Å². The molecule has 2 N–H and O–H groups in total. The average Bonchev–Trinajstić information content (AvgIpc) is 2.26. The van der Waals surface area contributed by atoms with Gasteiger partial charge in [0.25, 0.3) is 5.91 Å². The first-order valence-electron chi connectivity index (χ1n) is 4.22. The van der Waals surface area contributed by atoms with E-state index in [0.717, 1.165) is 0 Å². The number of nitrogens with two attached hydrogens (primary N) is 1. The molecule has 0 heterocycles. The van der Waals surface area contributed by atoms with Gasteiger partial charge in [-0.15, -0.1) is 0 Å². The van der Waals surface area contributed by atoms with E-state index >= 15 is 0 Å². The summed E-state index contributed by atoms with van der Waals surface area (Å²) in [6.45, 7) is 0. The molecule has 0 atom stereocenters. The zero-order valence-electron chi connectivity index (χ0n) is 8.72. The number of nitrogens with zero attached hydrogens (tertiary/aromatic N) is 1. The number of primary amides is 1. The summed E-state index contributed by atoms with van der Waals surface area (Å²) < 4.78 is 9.70. The van der Waals surface area contributed by atoms with Crippen LogP contribution >= 0.6 is 0 Å². The Labute approximate surface area is 90.9 Å². The van der Waals surface area contributed by atoms with Crippen molar-refractivity contribution >= 4 is 11.6 Å². The predicted molar refractivity (Wildman–Crippen MR) is 54.7 cm³/mol. The van der Waals surface area contributed by atoms with E-state index in [4.69, 9.17) is 15.2 Å². The fourth-order valence-electron chi connectivity index (χ4n) is 1.31. The number of rotatable bonds is 4. The number of ether oxygens (including phenoxy) is 2. The first kappa shape index (κ1) is 11.8. The van der Waals surface area contributed by atoms with E-state index in [0.29, 0.717) is 0 Å². The van der Waals surface area contributed by atoms with Crippen molar-refractivity contribution in [2.45, 2.75) is 0 Å². The molecule has 0 radical (unpaired) electrons. The van der Waals surface area contributed by atoms with Crippen molar-refractivity contribution in [2.24, 2.45) is 5.73 Å². The van der Waals surface area contributed by atoms with Crippen LogP contribution in [0.3, 0.4) is 0 Å². The van der Waals surface area contributed by atoms with Gasteiger partial charge in [0.05, 0.1) is 19.1 Å². The number of carbonyl (C=O) groups is 1. The molecule has 0 aliphatic rings. The normalized spacial score (nSPS) is 9.62. The Balaban J connectivity index is 3.56. The second-order valence-electron chi connectivity index (χ2n) is 2.82.